The van der Waals surface area contributed by atoms with Gasteiger partial charge in [0.1, 0.15) is 6.07 Å². The molecule has 0 aliphatic rings. The number of hydrogen-bond acceptors (Lipinski definition) is 3. The van der Waals surface area contributed by atoms with Gasteiger partial charge in [-0.1, -0.05) is 12.1 Å². The minimum Gasteiger partial charge on any atom is -0.462 e. The van der Waals surface area contributed by atoms with E-state index in [4.69, 9.17) is 21.6 Å². The highest BCUT2D eigenvalue weighted by molar-refractivity contribution is 6.17. The Morgan fingerprint density at radius 2 is 2.22 bits per heavy atom. The second kappa shape index (κ2) is 6.31. The predicted octanol–water partition coefficient (Wildman–Crippen LogP) is 3.41. The maximum atomic E-state index is 12.7. The first kappa shape index (κ1) is 14.4. The Kier molecular flexibility index (Phi) is 5.05. The smallest absolute Gasteiger partial charge is 0.339 e. The van der Waals surface area contributed by atoms with Crippen molar-refractivity contribution in [2.75, 3.05) is 6.61 Å². The molecule has 6 heteroatoms. The van der Waals surface area contributed by atoms with Crippen molar-refractivity contribution < 1.29 is 18.3 Å². The zero-order chi connectivity index (χ0) is 13.7. The number of benzene rings is 1. The van der Waals surface area contributed by atoms with E-state index in [9.17, 15) is 13.6 Å². The van der Waals surface area contributed by atoms with Crippen LogP contribution in [-0.2, 0) is 10.6 Å². The molecule has 0 saturated carbocycles. The summed E-state index contributed by atoms with van der Waals surface area (Å²) >= 11 is 5.63. The van der Waals surface area contributed by atoms with E-state index in [1.54, 1.807) is 13.0 Å². The zero-order valence-corrected chi connectivity index (χ0v) is 10.3. The number of carbonyl (C=O) groups excluding carboxylic acids is 1. The summed E-state index contributed by atoms with van der Waals surface area (Å²) in [5, 5.41) is 8.95. The lowest BCUT2D eigenvalue weighted by molar-refractivity contribution is 0.0524. The van der Waals surface area contributed by atoms with Crippen molar-refractivity contribution in [2.24, 2.45) is 0 Å². The molecule has 0 aromatic heterocycles. The maximum Gasteiger partial charge on any atom is 0.339 e. The number of nitrogens with zero attached hydrogens (tertiary/aromatic N) is 1. The van der Waals surface area contributed by atoms with Gasteiger partial charge in [-0.2, -0.15) is 5.26 Å². The van der Waals surface area contributed by atoms with Gasteiger partial charge in [-0.05, 0) is 12.5 Å². The van der Waals surface area contributed by atoms with E-state index in [0.29, 0.717) is 5.56 Å². The summed E-state index contributed by atoms with van der Waals surface area (Å²) in [6, 6.07) is 4.03. The molecule has 0 radical (unpaired) electrons. The van der Waals surface area contributed by atoms with Crippen LogP contribution in [0.5, 0.6) is 0 Å². The number of nitriles is 1. The van der Waals surface area contributed by atoms with E-state index < -0.39 is 18.0 Å². The van der Waals surface area contributed by atoms with E-state index in [1.807, 2.05) is 0 Å². The molecule has 1 rings (SSSR count). The summed E-state index contributed by atoms with van der Waals surface area (Å²) < 4.78 is 30.2. The first-order valence-electron chi connectivity index (χ1n) is 5.13. The minimum absolute atomic E-state index is 0.0631. The molecule has 1 aromatic rings. The topological polar surface area (TPSA) is 50.1 Å². The van der Waals surface area contributed by atoms with E-state index in [1.165, 1.54) is 6.07 Å². The Bertz CT molecular complexity index is 498. The fourth-order valence-corrected chi connectivity index (χ4v) is 1.73. The van der Waals surface area contributed by atoms with Crippen LogP contribution < -0.4 is 0 Å². The van der Waals surface area contributed by atoms with Gasteiger partial charge in [-0.25, -0.2) is 13.6 Å². The van der Waals surface area contributed by atoms with Crippen LogP contribution >= 0.6 is 11.6 Å². The Labute approximate surface area is 108 Å². The maximum absolute atomic E-state index is 12.7. The average Bonchev–Trinajstić information content (AvgIpc) is 2.36. The highest BCUT2D eigenvalue weighted by Gasteiger charge is 2.24. The van der Waals surface area contributed by atoms with Crippen molar-refractivity contribution in [3.8, 4) is 6.07 Å². The SMILES string of the molecule is CCOC(=O)c1c(CCl)ccc(C(F)F)c1C#N. The fourth-order valence-electron chi connectivity index (χ4n) is 1.51. The molecule has 0 aliphatic carbocycles. The van der Waals surface area contributed by atoms with Crippen molar-refractivity contribution >= 4 is 17.6 Å². The minimum atomic E-state index is -2.84. The number of carbonyl (C=O) groups is 1. The molecule has 96 valence electrons. The quantitative estimate of drug-likeness (QED) is 0.624. The van der Waals surface area contributed by atoms with E-state index in [2.05, 4.69) is 0 Å². The standard InChI is InChI=1S/C12H10ClF2NO2/c1-2-18-12(17)10-7(5-13)3-4-8(11(14)15)9(10)6-16/h3-4,11H,2,5H2,1H3. The van der Waals surface area contributed by atoms with Gasteiger partial charge in [-0.15, -0.1) is 11.6 Å². The predicted molar refractivity (Wildman–Crippen MR) is 61.6 cm³/mol. The lowest BCUT2D eigenvalue weighted by atomic mass is 9.97. The lowest BCUT2D eigenvalue weighted by Crippen LogP contribution is -2.12. The molecule has 0 spiro atoms. The van der Waals surface area contributed by atoms with Gasteiger partial charge in [0.2, 0.25) is 0 Å². The lowest BCUT2D eigenvalue weighted by Gasteiger charge is -2.12. The molecule has 1 aromatic carbocycles. The highest BCUT2D eigenvalue weighted by atomic mass is 35.5. The van der Waals surface area contributed by atoms with Gasteiger partial charge < -0.3 is 4.74 Å². The van der Waals surface area contributed by atoms with Crippen LogP contribution in [0.15, 0.2) is 12.1 Å². The Hall–Kier alpha value is -1.67. The largest absolute Gasteiger partial charge is 0.462 e. The molecule has 0 N–H and O–H groups in total. The summed E-state index contributed by atoms with van der Waals surface area (Å²) in [6.45, 7) is 1.67. The van der Waals surface area contributed by atoms with Crippen LogP contribution in [0.25, 0.3) is 0 Å². The van der Waals surface area contributed by atoms with Crippen LogP contribution in [-0.4, -0.2) is 12.6 Å². The summed E-state index contributed by atoms with van der Waals surface area (Å²) in [7, 11) is 0. The molecule has 3 nitrogen and oxygen atoms in total. The van der Waals surface area contributed by atoms with Gasteiger partial charge in [0, 0.05) is 11.4 Å². The molecule has 0 atom stereocenters. The fraction of sp³-hybridized carbons (Fsp3) is 0.333. The zero-order valence-electron chi connectivity index (χ0n) is 9.54. The average molecular weight is 274 g/mol. The molecular weight excluding hydrogens is 264 g/mol. The molecule has 0 amide bonds. The van der Waals surface area contributed by atoms with Gasteiger partial charge in [-0.3, -0.25) is 0 Å². The number of hydrogen-bond donors (Lipinski definition) is 0. The van der Waals surface area contributed by atoms with Crippen molar-refractivity contribution in [3.63, 3.8) is 0 Å². The molecule has 0 heterocycles. The van der Waals surface area contributed by atoms with Gasteiger partial charge in [0.25, 0.3) is 6.43 Å². The van der Waals surface area contributed by atoms with Gasteiger partial charge in [0.15, 0.2) is 0 Å². The summed E-state index contributed by atoms with van der Waals surface area (Å²) in [4.78, 5) is 11.7. The normalized spacial score (nSPS) is 10.2. The first-order valence-corrected chi connectivity index (χ1v) is 5.67. The van der Waals surface area contributed by atoms with Crippen molar-refractivity contribution in [1.82, 2.24) is 0 Å². The molecular formula is C12H10ClF2NO2. The summed E-state index contributed by atoms with van der Waals surface area (Å²) in [6.07, 6.45) is -2.84. The number of esters is 1. The first-order chi connectivity index (χ1) is 8.56. The van der Waals surface area contributed by atoms with E-state index in [-0.39, 0.29) is 23.6 Å². The molecule has 18 heavy (non-hydrogen) atoms. The molecule has 0 saturated heterocycles. The van der Waals surface area contributed by atoms with Crippen molar-refractivity contribution in [2.45, 2.75) is 19.2 Å². The Balaban J connectivity index is 3.48. The van der Waals surface area contributed by atoms with Gasteiger partial charge >= 0.3 is 5.97 Å². The molecule has 0 fully saturated rings. The van der Waals surface area contributed by atoms with Crippen LogP contribution in [0.2, 0.25) is 0 Å². The third-order valence-corrected chi connectivity index (χ3v) is 2.58. The number of halogens is 3. The summed E-state index contributed by atoms with van der Waals surface area (Å²) in [5.74, 6) is -0.876. The Morgan fingerprint density at radius 3 is 2.67 bits per heavy atom. The highest BCUT2D eigenvalue weighted by Crippen LogP contribution is 2.28. The second-order valence-electron chi connectivity index (χ2n) is 3.33. The summed E-state index contributed by atoms with van der Waals surface area (Å²) in [5.41, 5.74) is -0.737. The number of alkyl halides is 3. The third kappa shape index (κ3) is 2.77. The number of rotatable bonds is 4. The van der Waals surface area contributed by atoms with Crippen LogP contribution in [0.4, 0.5) is 8.78 Å². The van der Waals surface area contributed by atoms with Crippen molar-refractivity contribution in [1.29, 1.82) is 5.26 Å². The number of ether oxygens (including phenoxy) is 1. The van der Waals surface area contributed by atoms with Crippen LogP contribution in [0.3, 0.4) is 0 Å². The molecule has 0 bridgehead atoms. The van der Waals surface area contributed by atoms with Crippen LogP contribution in [0.1, 0.15) is 40.4 Å². The van der Waals surface area contributed by atoms with Crippen molar-refractivity contribution in [3.05, 3.63) is 34.4 Å². The monoisotopic (exact) mass is 273 g/mol. The van der Waals surface area contributed by atoms with E-state index in [0.717, 1.165) is 6.07 Å². The molecule has 0 unspecified atom stereocenters. The van der Waals surface area contributed by atoms with Crippen LogP contribution in [0, 0.1) is 11.3 Å². The third-order valence-electron chi connectivity index (χ3n) is 2.29. The molecule has 0 aliphatic heterocycles. The van der Waals surface area contributed by atoms with E-state index >= 15 is 0 Å². The second-order valence-corrected chi connectivity index (χ2v) is 3.60. The Morgan fingerprint density at radius 1 is 1.56 bits per heavy atom. The van der Waals surface area contributed by atoms with Gasteiger partial charge in [0.05, 0.1) is 17.7 Å².